The minimum atomic E-state index is -0.978. The second-order valence-electron chi connectivity index (χ2n) is 7.27. The highest BCUT2D eigenvalue weighted by Crippen LogP contribution is 2.16. The molecule has 2 heterocycles. The van der Waals surface area contributed by atoms with Crippen LogP contribution in [0.1, 0.15) is 35.4 Å². The molecule has 0 saturated heterocycles. The van der Waals surface area contributed by atoms with E-state index in [2.05, 4.69) is 25.4 Å². The summed E-state index contributed by atoms with van der Waals surface area (Å²) in [5.41, 5.74) is 1.97. The van der Waals surface area contributed by atoms with Gasteiger partial charge in [0.2, 0.25) is 11.8 Å². The van der Waals surface area contributed by atoms with E-state index in [0.29, 0.717) is 18.8 Å². The van der Waals surface area contributed by atoms with Crippen molar-refractivity contribution in [2.45, 2.75) is 32.2 Å². The number of aryl methyl sites for hydroxylation is 2. The molecule has 0 aliphatic heterocycles. The van der Waals surface area contributed by atoms with Gasteiger partial charge in [-0.05, 0) is 31.9 Å². The van der Waals surface area contributed by atoms with Crippen molar-refractivity contribution in [3.8, 4) is 0 Å². The van der Waals surface area contributed by atoms with Crippen LogP contribution in [-0.4, -0.2) is 61.6 Å². The molecule has 0 spiro atoms. The zero-order valence-electron chi connectivity index (χ0n) is 17.3. The number of aromatic nitrogens is 4. The Labute approximate surface area is 179 Å². The number of hydrogen-bond acceptors (Lipinski definition) is 7. The van der Waals surface area contributed by atoms with Gasteiger partial charge in [0.1, 0.15) is 6.04 Å². The van der Waals surface area contributed by atoms with Gasteiger partial charge in [0.15, 0.2) is 5.82 Å². The number of carbonyl (C=O) groups is 2. The molecule has 1 amide bonds. The number of carboxylic acid groups (broad SMARTS) is 1. The number of aliphatic carboxylic acids is 1. The number of amides is 1. The topological polar surface area (TPSA) is 137 Å². The predicted octanol–water partition coefficient (Wildman–Crippen LogP) is 1.52. The summed E-state index contributed by atoms with van der Waals surface area (Å²) in [5, 5.41) is 15.9. The van der Waals surface area contributed by atoms with Crippen LogP contribution < -0.4 is 5.32 Å². The lowest BCUT2D eigenvalue weighted by molar-refractivity contribution is -0.138. The van der Waals surface area contributed by atoms with Crippen LogP contribution in [0.5, 0.6) is 0 Å². The Bertz CT molecular complexity index is 957. The average Bonchev–Trinajstić information content (AvgIpc) is 3.39. The molecule has 0 unspecified atom stereocenters. The first kappa shape index (κ1) is 22.2. The zero-order valence-corrected chi connectivity index (χ0v) is 17.3. The van der Waals surface area contributed by atoms with Gasteiger partial charge in [-0.2, -0.15) is 4.98 Å². The van der Waals surface area contributed by atoms with Crippen LogP contribution >= 0.6 is 0 Å². The molecule has 164 valence electrons. The molecule has 3 aromatic rings. The van der Waals surface area contributed by atoms with E-state index < -0.39 is 12.0 Å². The van der Waals surface area contributed by atoms with Gasteiger partial charge in [0, 0.05) is 18.3 Å². The summed E-state index contributed by atoms with van der Waals surface area (Å²) in [5.74, 6) is -0.544. The van der Waals surface area contributed by atoms with Crippen molar-refractivity contribution >= 4 is 11.9 Å². The van der Waals surface area contributed by atoms with Crippen LogP contribution in [0.4, 0.5) is 0 Å². The van der Waals surface area contributed by atoms with Gasteiger partial charge >= 0.3 is 5.97 Å². The van der Waals surface area contributed by atoms with Crippen LogP contribution in [0.2, 0.25) is 0 Å². The zero-order chi connectivity index (χ0) is 22.1. The fraction of sp³-hybridized carbons (Fsp3) is 0.381. The van der Waals surface area contributed by atoms with Crippen LogP contribution in [0.25, 0.3) is 0 Å². The van der Waals surface area contributed by atoms with Crippen molar-refractivity contribution in [3.05, 3.63) is 65.8 Å². The number of imidazole rings is 1. The Morgan fingerprint density at radius 3 is 2.71 bits per heavy atom. The fourth-order valence-corrected chi connectivity index (χ4v) is 3.27. The third kappa shape index (κ3) is 7.34. The second-order valence-corrected chi connectivity index (χ2v) is 7.27. The largest absolute Gasteiger partial charge is 0.480 e. The molecule has 1 atom stereocenters. The molecule has 31 heavy (non-hydrogen) atoms. The van der Waals surface area contributed by atoms with E-state index in [1.807, 2.05) is 30.3 Å². The van der Waals surface area contributed by atoms with E-state index in [1.54, 1.807) is 24.3 Å². The summed E-state index contributed by atoms with van der Waals surface area (Å²) < 4.78 is 5.24. The van der Waals surface area contributed by atoms with Crippen LogP contribution in [-0.2, 0) is 22.4 Å². The van der Waals surface area contributed by atoms with Gasteiger partial charge in [0.25, 0.3) is 0 Å². The van der Waals surface area contributed by atoms with E-state index >= 15 is 0 Å². The minimum Gasteiger partial charge on any atom is -0.480 e. The van der Waals surface area contributed by atoms with Gasteiger partial charge in [-0.15, -0.1) is 0 Å². The number of rotatable bonds is 12. The van der Waals surface area contributed by atoms with Gasteiger partial charge in [0.05, 0.1) is 19.4 Å². The van der Waals surface area contributed by atoms with Crippen LogP contribution in [0.15, 0.2) is 47.4 Å². The molecule has 3 N–H and O–H groups in total. The first-order valence-corrected chi connectivity index (χ1v) is 10.0. The summed E-state index contributed by atoms with van der Waals surface area (Å²) in [4.78, 5) is 36.8. The van der Waals surface area contributed by atoms with Crippen molar-refractivity contribution in [2.24, 2.45) is 0 Å². The minimum absolute atomic E-state index is 0.0479. The van der Waals surface area contributed by atoms with E-state index in [4.69, 9.17) is 4.52 Å². The Balaban J connectivity index is 1.59. The summed E-state index contributed by atoms with van der Waals surface area (Å²) in [6, 6.07) is 9.40. The number of aromatic amines is 1. The molecule has 0 saturated carbocycles. The summed E-state index contributed by atoms with van der Waals surface area (Å²) >= 11 is 0. The lowest BCUT2D eigenvalue weighted by Crippen LogP contribution is -2.42. The van der Waals surface area contributed by atoms with Crippen molar-refractivity contribution in [3.63, 3.8) is 0 Å². The number of carbonyl (C=O) groups excluding carboxylic acids is 1. The highest BCUT2D eigenvalue weighted by molar-refractivity contribution is 5.79. The molecule has 0 radical (unpaired) electrons. The maximum Gasteiger partial charge on any atom is 0.317 e. The normalized spacial score (nSPS) is 12.1. The van der Waals surface area contributed by atoms with Crippen molar-refractivity contribution in [1.82, 2.24) is 30.3 Å². The van der Waals surface area contributed by atoms with E-state index in [1.165, 1.54) is 5.56 Å². The highest BCUT2D eigenvalue weighted by atomic mass is 16.5. The fourth-order valence-electron chi connectivity index (χ4n) is 3.27. The molecule has 0 bridgehead atoms. The summed E-state index contributed by atoms with van der Waals surface area (Å²) in [6.45, 7) is 1.92. The molecule has 0 aliphatic carbocycles. The number of nitrogens with one attached hydrogen (secondary N) is 2. The highest BCUT2D eigenvalue weighted by Gasteiger charge is 2.23. The van der Waals surface area contributed by atoms with E-state index in [9.17, 15) is 14.7 Å². The number of benzene rings is 1. The number of carboxylic acids is 1. The van der Waals surface area contributed by atoms with Crippen molar-refractivity contribution < 1.29 is 19.2 Å². The maximum atomic E-state index is 12.7. The maximum absolute atomic E-state index is 12.7. The number of hydrogen-bond donors (Lipinski definition) is 3. The number of H-pyrrole nitrogens is 1. The lowest BCUT2D eigenvalue weighted by Gasteiger charge is -2.21. The smallest absolute Gasteiger partial charge is 0.317 e. The Kier molecular flexibility index (Phi) is 7.88. The summed E-state index contributed by atoms with van der Waals surface area (Å²) in [6.07, 6.45) is 5.14. The van der Waals surface area contributed by atoms with Gasteiger partial charge in [-0.3, -0.25) is 14.5 Å². The van der Waals surface area contributed by atoms with Gasteiger partial charge < -0.3 is 19.9 Å². The van der Waals surface area contributed by atoms with Gasteiger partial charge in [-0.25, -0.2) is 4.98 Å². The molecule has 0 fully saturated rings. The number of nitrogens with zero attached hydrogens (tertiary/aromatic N) is 4. The SMILES string of the molecule is Cc1noc([C@H](Cc2cnc[nH]2)NC(=O)CN(CCCc2ccccc2)CC(=O)O)n1. The lowest BCUT2D eigenvalue weighted by atomic mass is 10.1. The van der Waals surface area contributed by atoms with E-state index in [0.717, 1.165) is 18.5 Å². The second kappa shape index (κ2) is 11.0. The monoisotopic (exact) mass is 426 g/mol. The standard InChI is InChI=1S/C21H26N6O4/c1-15-24-21(31-26-15)18(10-17-11-22-14-23-17)25-19(28)12-27(13-20(29)30)9-5-8-16-6-3-2-4-7-16/h2-4,6-7,11,14,18H,5,8-10,12-13H2,1H3,(H,22,23)(H,25,28)(H,29,30)/t18-/m0/s1. The van der Waals surface area contributed by atoms with E-state index in [-0.39, 0.29) is 24.9 Å². The molecule has 1 aromatic carbocycles. The Hall–Kier alpha value is -3.53. The average molecular weight is 426 g/mol. The molecule has 2 aromatic heterocycles. The third-order valence-corrected chi connectivity index (χ3v) is 4.66. The molecule has 10 heteroatoms. The molecule has 0 aliphatic rings. The molecular weight excluding hydrogens is 400 g/mol. The Morgan fingerprint density at radius 1 is 1.26 bits per heavy atom. The quantitative estimate of drug-likeness (QED) is 0.396. The molecular formula is C21H26N6O4. The third-order valence-electron chi connectivity index (χ3n) is 4.66. The van der Waals surface area contributed by atoms with Crippen molar-refractivity contribution in [2.75, 3.05) is 19.6 Å². The van der Waals surface area contributed by atoms with Crippen LogP contribution in [0.3, 0.4) is 0 Å². The first-order valence-electron chi connectivity index (χ1n) is 10.0. The first-order chi connectivity index (χ1) is 15.0. The predicted molar refractivity (Wildman–Crippen MR) is 111 cm³/mol. The molecule has 10 nitrogen and oxygen atoms in total. The van der Waals surface area contributed by atoms with Crippen LogP contribution in [0, 0.1) is 6.92 Å². The van der Waals surface area contributed by atoms with Crippen molar-refractivity contribution in [1.29, 1.82) is 0 Å². The molecule has 3 rings (SSSR count). The summed E-state index contributed by atoms with van der Waals surface area (Å²) in [7, 11) is 0. The van der Waals surface area contributed by atoms with Gasteiger partial charge in [-0.1, -0.05) is 35.5 Å². The Morgan fingerprint density at radius 2 is 2.06 bits per heavy atom.